The molecule has 82 valence electrons. The van der Waals surface area contributed by atoms with E-state index in [1.54, 1.807) is 0 Å². The van der Waals surface area contributed by atoms with Crippen molar-refractivity contribution in [3.05, 3.63) is 29.2 Å². The first-order chi connectivity index (χ1) is 7.29. The highest BCUT2D eigenvalue weighted by atomic mass is 16.3. The summed E-state index contributed by atoms with van der Waals surface area (Å²) in [6.45, 7) is 0. The molecule has 0 fully saturated rings. The van der Waals surface area contributed by atoms with Gasteiger partial charge in [-0.05, 0) is 37.5 Å². The maximum atomic E-state index is 10.3. The van der Waals surface area contributed by atoms with E-state index in [1.807, 2.05) is 12.2 Å². The molecule has 0 aromatic rings. The molecule has 1 N–H and O–H groups in total. The zero-order valence-electron chi connectivity index (χ0n) is 8.75. The summed E-state index contributed by atoms with van der Waals surface area (Å²) < 4.78 is 0. The molecule has 0 saturated carbocycles. The normalized spacial score (nSPS) is 40.3. The van der Waals surface area contributed by atoms with Crippen molar-refractivity contribution >= 4 is 0 Å². The van der Waals surface area contributed by atoms with E-state index < -0.39 is 0 Å². The smallest absolute Gasteiger partial charge is 0.110 e. The molecule has 2 aliphatic rings. The molecule has 3 heteroatoms. The van der Waals surface area contributed by atoms with Crippen LogP contribution in [0.4, 0.5) is 0 Å². The van der Waals surface area contributed by atoms with Crippen molar-refractivity contribution in [3.8, 4) is 0 Å². The topological polar surface area (TPSA) is 49.7 Å². The zero-order valence-corrected chi connectivity index (χ0v) is 8.75. The van der Waals surface area contributed by atoms with Gasteiger partial charge in [-0.3, -0.25) is 0 Å². The van der Waals surface area contributed by atoms with Gasteiger partial charge in [0.1, 0.15) is 6.04 Å². The minimum Gasteiger partial charge on any atom is -0.389 e. The number of hydrogen-bond donors (Lipinski definition) is 1. The average molecular weight is 207 g/mol. The summed E-state index contributed by atoms with van der Waals surface area (Å²) in [5, 5.41) is 12.4. The summed E-state index contributed by atoms with van der Waals surface area (Å²) in [5.41, 5.74) is 0. The third-order valence-corrected chi connectivity index (χ3v) is 3.44. The monoisotopic (exact) mass is 207 g/mol. The van der Waals surface area contributed by atoms with Crippen LogP contribution in [-0.4, -0.2) is 17.3 Å². The van der Waals surface area contributed by atoms with E-state index in [4.69, 9.17) is 0 Å². The highest BCUT2D eigenvalue weighted by molar-refractivity contribution is 5.09. The van der Waals surface area contributed by atoms with Crippen molar-refractivity contribution in [2.45, 2.75) is 37.8 Å². The van der Waals surface area contributed by atoms with Crippen LogP contribution in [0, 0.1) is 16.7 Å². The van der Waals surface area contributed by atoms with Gasteiger partial charge in [-0.2, -0.15) is 4.91 Å². The molecule has 4 atom stereocenters. The van der Waals surface area contributed by atoms with Crippen molar-refractivity contribution < 1.29 is 5.11 Å². The van der Waals surface area contributed by atoms with E-state index in [0.29, 0.717) is 11.8 Å². The molecule has 2 rings (SSSR count). The SMILES string of the molecule is O=N[C@@H]1C=CC([C@H]2C=C[C@@H](O)CC2)CC1. The van der Waals surface area contributed by atoms with Crippen LogP contribution in [0.1, 0.15) is 25.7 Å². The highest BCUT2D eigenvalue weighted by Gasteiger charge is 2.24. The van der Waals surface area contributed by atoms with Gasteiger partial charge in [0.2, 0.25) is 0 Å². The van der Waals surface area contributed by atoms with Crippen LogP contribution in [0.2, 0.25) is 0 Å². The van der Waals surface area contributed by atoms with Crippen molar-refractivity contribution in [2.24, 2.45) is 17.0 Å². The summed E-state index contributed by atoms with van der Waals surface area (Å²) in [5.74, 6) is 1.07. The Bertz CT molecular complexity index is 285. The van der Waals surface area contributed by atoms with Crippen LogP contribution in [0.3, 0.4) is 0 Å². The van der Waals surface area contributed by atoms with E-state index in [9.17, 15) is 10.0 Å². The first-order valence-electron chi connectivity index (χ1n) is 5.67. The quantitative estimate of drug-likeness (QED) is 0.558. The van der Waals surface area contributed by atoms with Gasteiger partial charge in [0.25, 0.3) is 0 Å². The molecule has 0 heterocycles. The van der Waals surface area contributed by atoms with Gasteiger partial charge in [0, 0.05) is 0 Å². The molecule has 3 nitrogen and oxygen atoms in total. The van der Waals surface area contributed by atoms with Crippen LogP contribution in [0.15, 0.2) is 29.5 Å². The molecule has 2 aliphatic carbocycles. The van der Waals surface area contributed by atoms with Crippen LogP contribution >= 0.6 is 0 Å². The summed E-state index contributed by atoms with van der Waals surface area (Å²) >= 11 is 0. The molecule has 1 unspecified atom stereocenters. The van der Waals surface area contributed by atoms with Gasteiger partial charge >= 0.3 is 0 Å². The Hall–Kier alpha value is -0.960. The highest BCUT2D eigenvalue weighted by Crippen LogP contribution is 2.32. The van der Waals surface area contributed by atoms with Crippen LogP contribution in [0.25, 0.3) is 0 Å². The Labute approximate surface area is 89.9 Å². The molecular weight excluding hydrogens is 190 g/mol. The summed E-state index contributed by atoms with van der Waals surface area (Å²) in [7, 11) is 0. The van der Waals surface area contributed by atoms with Crippen molar-refractivity contribution in [1.82, 2.24) is 0 Å². The van der Waals surface area contributed by atoms with Crippen molar-refractivity contribution in [1.29, 1.82) is 0 Å². The van der Waals surface area contributed by atoms with Gasteiger partial charge in [0.05, 0.1) is 6.10 Å². The van der Waals surface area contributed by atoms with E-state index in [-0.39, 0.29) is 12.1 Å². The molecule has 0 aromatic heterocycles. The summed E-state index contributed by atoms with van der Waals surface area (Å²) in [6.07, 6.45) is 11.6. The maximum Gasteiger partial charge on any atom is 0.110 e. The van der Waals surface area contributed by atoms with Crippen LogP contribution < -0.4 is 0 Å². The van der Waals surface area contributed by atoms with E-state index >= 15 is 0 Å². The fourth-order valence-electron chi connectivity index (χ4n) is 2.45. The predicted molar refractivity (Wildman–Crippen MR) is 59.3 cm³/mol. The Morgan fingerprint density at radius 1 is 0.933 bits per heavy atom. The molecule has 0 spiro atoms. The molecule has 0 saturated heterocycles. The fraction of sp³-hybridized carbons (Fsp3) is 0.667. The second-order valence-electron chi connectivity index (χ2n) is 4.49. The van der Waals surface area contributed by atoms with Crippen LogP contribution in [-0.2, 0) is 0 Å². The third kappa shape index (κ3) is 2.53. The van der Waals surface area contributed by atoms with Crippen LogP contribution in [0.5, 0.6) is 0 Å². The molecule has 0 radical (unpaired) electrons. The lowest BCUT2D eigenvalue weighted by molar-refractivity contribution is 0.186. The Morgan fingerprint density at radius 2 is 1.60 bits per heavy atom. The average Bonchev–Trinajstić information content (AvgIpc) is 2.30. The Balaban J connectivity index is 1.95. The second kappa shape index (κ2) is 4.71. The van der Waals surface area contributed by atoms with Gasteiger partial charge in [-0.25, -0.2) is 0 Å². The number of allylic oxidation sites excluding steroid dienone is 2. The zero-order chi connectivity index (χ0) is 10.7. The molecule has 15 heavy (non-hydrogen) atoms. The molecule has 0 amide bonds. The number of aliphatic hydroxyl groups excluding tert-OH is 1. The number of nitrogens with zero attached hydrogens (tertiary/aromatic N) is 1. The van der Waals surface area contributed by atoms with Gasteiger partial charge in [0.15, 0.2) is 0 Å². The Kier molecular flexibility index (Phi) is 3.31. The predicted octanol–water partition coefficient (Wildman–Crippen LogP) is 2.41. The molecule has 0 bridgehead atoms. The minimum absolute atomic E-state index is 0.112. The number of hydrogen-bond acceptors (Lipinski definition) is 3. The molecule has 0 aromatic carbocycles. The van der Waals surface area contributed by atoms with E-state index in [1.165, 1.54) is 0 Å². The van der Waals surface area contributed by atoms with Gasteiger partial charge in [-0.1, -0.05) is 29.5 Å². The van der Waals surface area contributed by atoms with Crippen molar-refractivity contribution in [2.75, 3.05) is 0 Å². The van der Waals surface area contributed by atoms with Crippen molar-refractivity contribution in [3.63, 3.8) is 0 Å². The minimum atomic E-state index is -0.252. The number of aliphatic hydroxyl groups is 1. The fourth-order valence-corrected chi connectivity index (χ4v) is 2.45. The first kappa shape index (κ1) is 10.6. The van der Waals surface area contributed by atoms with Gasteiger partial charge in [-0.15, -0.1) is 0 Å². The lowest BCUT2D eigenvalue weighted by Gasteiger charge is -2.28. The maximum absolute atomic E-state index is 10.3. The molecule has 0 aliphatic heterocycles. The van der Waals surface area contributed by atoms with E-state index in [2.05, 4.69) is 17.3 Å². The summed E-state index contributed by atoms with van der Waals surface area (Å²) in [4.78, 5) is 10.3. The number of nitroso groups, excluding NO2 is 1. The lowest BCUT2D eigenvalue weighted by atomic mass is 9.78. The summed E-state index contributed by atoms with van der Waals surface area (Å²) in [6, 6.07) is -0.112. The molecular formula is C12H17NO2. The lowest BCUT2D eigenvalue weighted by Crippen LogP contribution is -2.21. The standard InChI is InChI=1S/C12H17NO2/c14-12-7-3-10(4-8-12)9-1-5-11(13-15)6-2-9/h1,3,5,7,9-12,14H,2,4,6,8H2/t9?,10-,11+,12+/m0/s1. The Morgan fingerprint density at radius 3 is 2.07 bits per heavy atom. The van der Waals surface area contributed by atoms with E-state index in [0.717, 1.165) is 25.7 Å². The second-order valence-corrected chi connectivity index (χ2v) is 4.49. The van der Waals surface area contributed by atoms with Gasteiger partial charge < -0.3 is 5.11 Å². The third-order valence-electron chi connectivity index (χ3n) is 3.44. The first-order valence-corrected chi connectivity index (χ1v) is 5.67. The number of rotatable bonds is 2. The largest absolute Gasteiger partial charge is 0.389 e.